The number of halogens is 1. The van der Waals surface area contributed by atoms with E-state index in [0.717, 1.165) is 0 Å². The van der Waals surface area contributed by atoms with Crippen LogP contribution in [0.5, 0.6) is 0 Å². The number of nitrogens with zero attached hydrogens (tertiary/aromatic N) is 3. The van der Waals surface area contributed by atoms with Crippen molar-refractivity contribution < 1.29 is 4.79 Å². The van der Waals surface area contributed by atoms with Crippen molar-refractivity contribution in [3.63, 3.8) is 0 Å². The third-order valence-electron chi connectivity index (χ3n) is 2.43. The average Bonchev–Trinajstić information content (AvgIpc) is 2.81. The molecule has 0 bridgehead atoms. The van der Waals surface area contributed by atoms with Crippen LogP contribution in [0.2, 0.25) is 5.15 Å². The van der Waals surface area contributed by atoms with Crippen LogP contribution < -0.4 is 5.32 Å². The molecule has 0 spiro atoms. The summed E-state index contributed by atoms with van der Waals surface area (Å²) >= 11 is 5.62. The van der Waals surface area contributed by atoms with Crippen molar-refractivity contribution in [3.05, 3.63) is 41.6 Å². The number of nitrogens with one attached hydrogen (secondary N) is 1. The van der Waals surface area contributed by atoms with E-state index in [4.69, 9.17) is 11.6 Å². The largest absolute Gasteiger partial charge is 0.341 e. The number of amides is 1. The summed E-state index contributed by atoms with van der Waals surface area (Å²) in [5.74, 6) is 0.159. The fraction of sp³-hybridized carbons (Fsp3) is 0.250. The van der Waals surface area contributed by atoms with Gasteiger partial charge in [-0.2, -0.15) is 0 Å². The van der Waals surface area contributed by atoms with Gasteiger partial charge in [0.1, 0.15) is 10.8 Å². The Morgan fingerprint density at radius 1 is 1.39 bits per heavy atom. The van der Waals surface area contributed by atoms with E-state index in [9.17, 15) is 4.79 Å². The lowest BCUT2D eigenvalue weighted by molar-refractivity contribution is 0.101. The zero-order valence-electron chi connectivity index (χ0n) is 10.1. The summed E-state index contributed by atoms with van der Waals surface area (Å²) in [7, 11) is 0. The van der Waals surface area contributed by atoms with E-state index in [2.05, 4.69) is 15.3 Å². The Bertz CT molecular complexity index is 547. The lowest BCUT2D eigenvalue weighted by Crippen LogP contribution is -2.18. The van der Waals surface area contributed by atoms with Crippen LogP contribution in [-0.2, 0) is 0 Å². The fourth-order valence-corrected chi connectivity index (χ4v) is 1.69. The first-order valence-electron chi connectivity index (χ1n) is 5.53. The molecule has 0 aromatic carbocycles. The second-order valence-corrected chi connectivity index (χ2v) is 4.46. The van der Waals surface area contributed by atoms with Crippen LogP contribution in [0.4, 0.5) is 5.82 Å². The minimum atomic E-state index is -0.217. The third kappa shape index (κ3) is 2.68. The maximum atomic E-state index is 12.1. The van der Waals surface area contributed by atoms with Crippen molar-refractivity contribution in [1.82, 2.24) is 14.5 Å². The summed E-state index contributed by atoms with van der Waals surface area (Å²) in [5.41, 5.74) is 0.585. The maximum absolute atomic E-state index is 12.1. The molecule has 0 aliphatic rings. The minimum absolute atomic E-state index is 0.217. The Morgan fingerprint density at radius 2 is 2.17 bits per heavy atom. The molecule has 2 heterocycles. The molecule has 0 atom stereocenters. The van der Waals surface area contributed by atoms with E-state index in [0.29, 0.717) is 16.7 Å². The SMILES string of the molecule is CC(C)n1cccc1C(=O)Nc1cnc(Cl)cn1. The van der Waals surface area contributed by atoms with Gasteiger partial charge >= 0.3 is 0 Å². The molecule has 2 rings (SSSR count). The number of anilines is 1. The van der Waals surface area contributed by atoms with Crippen molar-refractivity contribution >= 4 is 23.3 Å². The summed E-state index contributed by atoms with van der Waals surface area (Å²) in [5, 5.41) is 2.97. The number of hydrogen-bond acceptors (Lipinski definition) is 3. The highest BCUT2D eigenvalue weighted by Gasteiger charge is 2.13. The summed E-state index contributed by atoms with van der Waals surface area (Å²) in [4.78, 5) is 19.9. The van der Waals surface area contributed by atoms with Gasteiger partial charge in [0, 0.05) is 12.2 Å². The second-order valence-electron chi connectivity index (χ2n) is 4.07. The molecule has 2 aromatic heterocycles. The third-order valence-corrected chi connectivity index (χ3v) is 2.63. The number of carbonyl (C=O) groups excluding carboxylic acids is 1. The number of rotatable bonds is 3. The van der Waals surface area contributed by atoms with E-state index >= 15 is 0 Å². The van der Waals surface area contributed by atoms with Crippen LogP contribution in [0.25, 0.3) is 0 Å². The van der Waals surface area contributed by atoms with Gasteiger partial charge in [0.15, 0.2) is 5.82 Å². The maximum Gasteiger partial charge on any atom is 0.273 e. The molecule has 0 unspecified atom stereocenters. The highest BCUT2D eigenvalue weighted by Crippen LogP contribution is 2.13. The Morgan fingerprint density at radius 3 is 2.78 bits per heavy atom. The second kappa shape index (κ2) is 5.18. The molecule has 1 N–H and O–H groups in total. The van der Waals surface area contributed by atoms with E-state index in [1.165, 1.54) is 12.4 Å². The van der Waals surface area contributed by atoms with Crippen LogP contribution in [0.15, 0.2) is 30.7 Å². The zero-order chi connectivity index (χ0) is 13.1. The molecule has 0 saturated carbocycles. The molecule has 2 aromatic rings. The van der Waals surface area contributed by atoms with Gasteiger partial charge in [-0.3, -0.25) is 4.79 Å². The van der Waals surface area contributed by atoms with Crippen molar-refractivity contribution in [2.75, 3.05) is 5.32 Å². The van der Waals surface area contributed by atoms with Gasteiger partial charge in [-0.15, -0.1) is 0 Å². The lowest BCUT2D eigenvalue weighted by Gasteiger charge is -2.12. The van der Waals surface area contributed by atoms with Crippen LogP contribution in [-0.4, -0.2) is 20.4 Å². The summed E-state index contributed by atoms with van der Waals surface area (Å²) in [6.07, 6.45) is 4.68. The van der Waals surface area contributed by atoms with Crippen molar-refractivity contribution in [2.45, 2.75) is 19.9 Å². The minimum Gasteiger partial charge on any atom is -0.341 e. The van der Waals surface area contributed by atoms with Crippen LogP contribution >= 0.6 is 11.6 Å². The zero-order valence-corrected chi connectivity index (χ0v) is 10.8. The molecule has 0 aliphatic carbocycles. The van der Waals surface area contributed by atoms with Gasteiger partial charge in [-0.1, -0.05) is 11.6 Å². The van der Waals surface area contributed by atoms with Crippen molar-refractivity contribution in [3.8, 4) is 0 Å². The van der Waals surface area contributed by atoms with E-state index < -0.39 is 0 Å². The molecule has 0 saturated heterocycles. The predicted octanol–water partition coefficient (Wildman–Crippen LogP) is 2.76. The normalized spacial score (nSPS) is 10.7. The molecular formula is C12H13ClN4O. The molecule has 0 fully saturated rings. The molecule has 18 heavy (non-hydrogen) atoms. The smallest absolute Gasteiger partial charge is 0.273 e. The number of hydrogen-bond donors (Lipinski definition) is 1. The van der Waals surface area contributed by atoms with Crippen molar-refractivity contribution in [1.29, 1.82) is 0 Å². The first kappa shape index (κ1) is 12.6. The highest BCUT2D eigenvalue weighted by atomic mass is 35.5. The first-order chi connectivity index (χ1) is 8.58. The topological polar surface area (TPSA) is 59.8 Å². The van der Waals surface area contributed by atoms with Gasteiger partial charge in [-0.25, -0.2) is 9.97 Å². The molecule has 1 amide bonds. The van der Waals surface area contributed by atoms with Crippen LogP contribution in [0.3, 0.4) is 0 Å². The Hall–Kier alpha value is -1.88. The van der Waals surface area contributed by atoms with Crippen LogP contribution in [0.1, 0.15) is 30.4 Å². The Labute approximate surface area is 110 Å². The summed E-state index contributed by atoms with van der Waals surface area (Å²) in [6, 6.07) is 3.82. The molecule has 94 valence electrons. The molecule has 6 heteroatoms. The predicted molar refractivity (Wildman–Crippen MR) is 69.8 cm³/mol. The standard InChI is InChI=1S/C12H13ClN4O/c1-8(2)17-5-3-4-9(17)12(18)16-11-7-14-10(13)6-15-11/h3-8H,1-2H3,(H,15,16,18). The van der Waals surface area contributed by atoms with Crippen LogP contribution in [0, 0.1) is 0 Å². The van der Waals surface area contributed by atoms with Gasteiger partial charge in [0.05, 0.1) is 12.4 Å². The van der Waals surface area contributed by atoms with E-state index in [1.54, 1.807) is 6.07 Å². The monoisotopic (exact) mass is 264 g/mol. The van der Waals surface area contributed by atoms with E-state index in [1.807, 2.05) is 30.7 Å². The molecule has 0 aliphatic heterocycles. The Balaban J connectivity index is 2.17. The highest BCUT2D eigenvalue weighted by molar-refractivity contribution is 6.29. The number of aromatic nitrogens is 3. The molecule has 5 nitrogen and oxygen atoms in total. The number of carbonyl (C=O) groups is 1. The van der Waals surface area contributed by atoms with E-state index in [-0.39, 0.29) is 11.9 Å². The average molecular weight is 265 g/mol. The lowest BCUT2D eigenvalue weighted by atomic mass is 10.3. The van der Waals surface area contributed by atoms with Crippen molar-refractivity contribution in [2.24, 2.45) is 0 Å². The molecule has 0 radical (unpaired) electrons. The summed E-state index contributed by atoms with van der Waals surface area (Å²) in [6.45, 7) is 4.03. The Kier molecular flexibility index (Phi) is 3.62. The van der Waals surface area contributed by atoms with Gasteiger partial charge in [0.25, 0.3) is 5.91 Å². The summed E-state index contributed by atoms with van der Waals surface area (Å²) < 4.78 is 1.89. The fourth-order valence-electron chi connectivity index (χ4n) is 1.59. The molecular weight excluding hydrogens is 252 g/mol. The quantitative estimate of drug-likeness (QED) is 0.927. The van der Waals surface area contributed by atoms with Gasteiger partial charge in [-0.05, 0) is 26.0 Å². The van der Waals surface area contributed by atoms with Gasteiger partial charge in [0.2, 0.25) is 0 Å². The first-order valence-corrected chi connectivity index (χ1v) is 5.91. The van der Waals surface area contributed by atoms with Gasteiger partial charge < -0.3 is 9.88 Å².